The Morgan fingerprint density at radius 3 is 2.76 bits per heavy atom. The van der Waals surface area contributed by atoms with Crippen molar-refractivity contribution in [3.63, 3.8) is 0 Å². The lowest BCUT2D eigenvalue weighted by molar-refractivity contribution is 0.959. The van der Waals surface area contributed by atoms with E-state index in [-0.39, 0.29) is 0 Å². The molecule has 4 heterocycles. The van der Waals surface area contributed by atoms with E-state index in [0.29, 0.717) is 0 Å². The lowest BCUT2D eigenvalue weighted by Gasteiger charge is -1.94. The Balaban J connectivity index is 1.73. The standard InChI is InChI=1S/C14H9N5S2/c1-2-11(20-9-1)3-4-12-18-19-13(16-17-14(19)21-12)10-5-7-15-8-6-10/h1-9H. The van der Waals surface area contributed by atoms with Crippen LogP contribution >= 0.6 is 22.7 Å². The van der Waals surface area contributed by atoms with Gasteiger partial charge in [-0.05, 0) is 35.7 Å². The quantitative estimate of drug-likeness (QED) is 0.581. The van der Waals surface area contributed by atoms with Crippen LogP contribution in [-0.4, -0.2) is 24.8 Å². The lowest BCUT2D eigenvalue weighted by atomic mass is 10.2. The first kappa shape index (κ1) is 12.4. The molecule has 5 nitrogen and oxygen atoms in total. The summed E-state index contributed by atoms with van der Waals surface area (Å²) in [5.74, 6) is 0.736. The molecule has 0 saturated carbocycles. The zero-order valence-corrected chi connectivity index (χ0v) is 12.4. The maximum absolute atomic E-state index is 4.56. The Hall–Kier alpha value is -2.38. The predicted octanol–water partition coefficient (Wildman–Crippen LogP) is 3.48. The second kappa shape index (κ2) is 5.19. The Kier molecular flexibility index (Phi) is 3.06. The first-order valence-corrected chi connectivity index (χ1v) is 7.94. The number of rotatable bonds is 3. The van der Waals surface area contributed by atoms with Crippen LogP contribution < -0.4 is 0 Å². The van der Waals surface area contributed by atoms with Crippen LogP contribution in [0.25, 0.3) is 28.5 Å². The highest BCUT2D eigenvalue weighted by molar-refractivity contribution is 7.17. The molecular formula is C14H9N5S2. The number of nitrogens with zero attached hydrogens (tertiary/aromatic N) is 5. The van der Waals surface area contributed by atoms with Crippen molar-refractivity contribution in [2.45, 2.75) is 0 Å². The van der Waals surface area contributed by atoms with Gasteiger partial charge in [0.1, 0.15) is 5.01 Å². The molecule has 4 aromatic rings. The lowest BCUT2D eigenvalue weighted by Crippen LogP contribution is -1.90. The summed E-state index contributed by atoms with van der Waals surface area (Å²) < 4.78 is 1.77. The smallest absolute Gasteiger partial charge is 0.235 e. The number of hydrogen-bond acceptors (Lipinski definition) is 6. The Labute approximate surface area is 128 Å². The molecule has 0 radical (unpaired) electrons. The van der Waals surface area contributed by atoms with Crippen LogP contribution in [0.3, 0.4) is 0 Å². The van der Waals surface area contributed by atoms with Gasteiger partial charge in [-0.2, -0.15) is 9.61 Å². The molecule has 4 aromatic heterocycles. The molecule has 0 amide bonds. The van der Waals surface area contributed by atoms with Crippen molar-refractivity contribution < 1.29 is 0 Å². The predicted molar refractivity (Wildman–Crippen MR) is 85.1 cm³/mol. The minimum Gasteiger partial charge on any atom is -0.265 e. The molecule has 0 aliphatic carbocycles. The van der Waals surface area contributed by atoms with Crippen molar-refractivity contribution in [1.29, 1.82) is 0 Å². The molecule has 0 aliphatic rings. The molecule has 0 fully saturated rings. The summed E-state index contributed by atoms with van der Waals surface area (Å²) in [4.78, 5) is 6.00. The van der Waals surface area contributed by atoms with Crippen LogP contribution in [-0.2, 0) is 0 Å². The van der Waals surface area contributed by atoms with E-state index in [9.17, 15) is 0 Å². The molecule has 21 heavy (non-hydrogen) atoms. The molecule has 102 valence electrons. The van der Waals surface area contributed by atoms with Gasteiger partial charge in [-0.15, -0.1) is 21.5 Å². The monoisotopic (exact) mass is 311 g/mol. The van der Waals surface area contributed by atoms with Crippen LogP contribution in [0.2, 0.25) is 0 Å². The highest BCUT2D eigenvalue weighted by Crippen LogP contribution is 2.22. The number of hydrogen-bond donors (Lipinski definition) is 0. The fourth-order valence-corrected chi connectivity index (χ4v) is 3.28. The molecule has 0 aliphatic heterocycles. The zero-order chi connectivity index (χ0) is 14.1. The van der Waals surface area contributed by atoms with Gasteiger partial charge in [-0.1, -0.05) is 17.4 Å². The SMILES string of the molecule is C(=Cc1nn2c(-c3ccncc3)nnc2s1)c1cccs1. The van der Waals surface area contributed by atoms with E-state index in [0.717, 1.165) is 21.4 Å². The van der Waals surface area contributed by atoms with Crippen molar-refractivity contribution in [2.75, 3.05) is 0 Å². The molecule has 7 heteroatoms. The van der Waals surface area contributed by atoms with E-state index in [1.165, 1.54) is 16.2 Å². The third-order valence-electron chi connectivity index (χ3n) is 2.88. The number of pyridine rings is 1. The molecule has 0 spiro atoms. The Bertz CT molecular complexity index is 890. The summed E-state index contributed by atoms with van der Waals surface area (Å²) >= 11 is 3.21. The third-order valence-corrected chi connectivity index (χ3v) is 4.58. The second-order valence-corrected chi connectivity index (χ2v) is 6.21. The average molecular weight is 311 g/mol. The molecule has 0 bridgehead atoms. The van der Waals surface area contributed by atoms with E-state index in [1.807, 2.05) is 24.3 Å². The summed E-state index contributed by atoms with van der Waals surface area (Å²) in [6.45, 7) is 0. The van der Waals surface area contributed by atoms with E-state index >= 15 is 0 Å². The largest absolute Gasteiger partial charge is 0.265 e. The minimum atomic E-state index is 0.736. The first-order chi connectivity index (χ1) is 10.4. The molecule has 0 saturated heterocycles. The van der Waals surface area contributed by atoms with Crippen molar-refractivity contribution in [3.8, 4) is 11.4 Å². The van der Waals surface area contributed by atoms with E-state index < -0.39 is 0 Å². The highest BCUT2D eigenvalue weighted by atomic mass is 32.1. The highest BCUT2D eigenvalue weighted by Gasteiger charge is 2.11. The summed E-state index contributed by atoms with van der Waals surface area (Å²) in [7, 11) is 0. The normalized spacial score (nSPS) is 11.6. The molecule has 0 unspecified atom stereocenters. The molecule has 0 atom stereocenters. The van der Waals surface area contributed by atoms with Gasteiger partial charge in [0.25, 0.3) is 0 Å². The number of aromatic nitrogens is 5. The summed E-state index contributed by atoms with van der Waals surface area (Å²) in [6.07, 6.45) is 7.53. The van der Waals surface area contributed by atoms with Crippen molar-refractivity contribution >= 4 is 39.8 Å². The van der Waals surface area contributed by atoms with Crippen molar-refractivity contribution in [3.05, 3.63) is 51.9 Å². The minimum absolute atomic E-state index is 0.736. The first-order valence-electron chi connectivity index (χ1n) is 6.24. The Morgan fingerprint density at radius 1 is 1.05 bits per heavy atom. The second-order valence-electron chi connectivity index (χ2n) is 4.24. The fraction of sp³-hybridized carbons (Fsp3) is 0. The van der Waals surface area contributed by atoms with Gasteiger partial charge in [-0.25, -0.2) is 0 Å². The van der Waals surface area contributed by atoms with Gasteiger partial charge in [0.05, 0.1) is 0 Å². The fourth-order valence-electron chi connectivity index (χ4n) is 1.92. The van der Waals surface area contributed by atoms with Gasteiger partial charge >= 0.3 is 0 Å². The topological polar surface area (TPSA) is 56.0 Å². The van der Waals surface area contributed by atoms with Crippen LogP contribution in [0.5, 0.6) is 0 Å². The zero-order valence-electron chi connectivity index (χ0n) is 10.7. The molecule has 0 N–H and O–H groups in total. The average Bonchev–Trinajstić information content (AvgIpc) is 3.22. The van der Waals surface area contributed by atoms with Gasteiger partial charge in [0.15, 0.2) is 5.82 Å². The van der Waals surface area contributed by atoms with Gasteiger partial charge in [0, 0.05) is 22.8 Å². The Morgan fingerprint density at radius 2 is 1.95 bits per heavy atom. The molecule has 4 rings (SSSR count). The maximum Gasteiger partial charge on any atom is 0.235 e. The summed E-state index contributed by atoms with van der Waals surface area (Å²) in [6, 6.07) is 7.90. The van der Waals surface area contributed by atoms with Crippen LogP contribution in [0.15, 0.2) is 42.0 Å². The van der Waals surface area contributed by atoms with Crippen molar-refractivity contribution in [1.82, 2.24) is 24.8 Å². The van der Waals surface area contributed by atoms with Gasteiger partial charge in [-0.3, -0.25) is 4.98 Å². The molecule has 0 aromatic carbocycles. The number of thiophene rings is 1. The van der Waals surface area contributed by atoms with E-state index in [1.54, 1.807) is 28.2 Å². The van der Waals surface area contributed by atoms with Crippen LogP contribution in [0.1, 0.15) is 9.88 Å². The maximum atomic E-state index is 4.56. The number of fused-ring (bicyclic) bond motifs is 1. The van der Waals surface area contributed by atoms with Crippen LogP contribution in [0.4, 0.5) is 0 Å². The summed E-state index contributed by atoms with van der Waals surface area (Å²) in [5, 5.41) is 15.9. The summed E-state index contributed by atoms with van der Waals surface area (Å²) in [5.41, 5.74) is 0.955. The van der Waals surface area contributed by atoms with Gasteiger partial charge < -0.3 is 0 Å². The van der Waals surface area contributed by atoms with Crippen molar-refractivity contribution in [2.24, 2.45) is 0 Å². The van der Waals surface area contributed by atoms with E-state index in [2.05, 4.69) is 37.8 Å². The van der Waals surface area contributed by atoms with E-state index in [4.69, 9.17) is 0 Å². The molecular weight excluding hydrogens is 302 g/mol. The van der Waals surface area contributed by atoms with Gasteiger partial charge in [0.2, 0.25) is 4.96 Å². The third kappa shape index (κ3) is 2.37. The van der Waals surface area contributed by atoms with Crippen LogP contribution in [0, 0.1) is 0 Å².